The van der Waals surface area contributed by atoms with Crippen LogP contribution in [-0.4, -0.2) is 27.6 Å². The Kier molecular flexibility index (Phi) is 4.34. The largest absolute Gasteiger partial charge is 0.461 e. The SMILES string of the molecule is CCCn1nnc(C(=O)OCC)c1-c1ccc(N)cc1. The summed E-state index contributed by atoms with van der Waals surface area (Å²) < 4.78 is 6.75. The first-order valence-electron chi connectivity index (χ1n) is 6.63. The molecule has 0 aliphatic rings. The molecule has 0 radical (unpaired) electrons. The lowest BCUT2D eigenvalue weighted by Gasteiger charge is -2.07. The van der Waals surface area contributed by atoms with Gasteiger partial charge in [0.15, 0.2) is 5.69 Å². The van der Waals surface area contributed by atoms with Crippen LogP contribution < -0.4 is 5.73 Å². The van der Waals surface area contributed by atoms with E-state index in [-0.39, 0.29) is 5.69 Å². The van der Waals surface area contributed by atoms with Crippen molar-refractivity contribution in [2.24, 2.45) is 0 Å². The van der Waals surface area contributed by atoms with Crippen LogP contribution in [0.1, 0.15) is 30.8 Å². The number of aromatic nitrogens is 3. The van der Waals surface area contributed by atoms with Crippen molar-refractivity contribution in [2.45, 2.75) is 26.8 Å². The van der Waals surface area contributed by atoms with Crippen molar-refractivity contribution in [2.75, 3.05) is 12.3 Å². The molecule has 0 unspecified atom stereocenters. The van der Waals surface area contributed by atoms with Crippen molar-refractivity contribution in [3.8, 4) is 11.3 Å². The third-order valence-electron chi connectivity index (χ3n) is 2.82. The van der Waals surface area contributed by atoms with Gasteiger partial charge in [-0.25, -0.2) is 9.48 Å². The highest BCUT2D eigenvalue weighted by atomic mass is 16.5. The van der Waals surface area contributed by atoms with Crippen molar-refractivity contribution < 1.29 is 9.53 Å². The Morgan fingerprint density at radius 2 is 2.00 bits per heavy atom. The van der Waals surface area contributed by atoms with E-state index in [1.807, 2.05) is 19.1 Å². The van der Waals surface area contributed by atoms with Crippen LogP contribution in [0.15, 0.2) is 24.3 Å². The molecular weight excluding hydrogens is 256 g/mol. The van der Waals surface area contributed by atoms with Crippen LogP contribution in [0, 0.1) is 0 Å². The molecule has 2 rings (SSSR count). The lowest BCUT2D eigenvalue weighted by atomic mass is 10.1. The van der Waals surface area contributed by atoms with Crippen molar-refractivity contribution >= 4 is 11.7 Å². The standard InChI is InChI=1S/C14H18N4O2/c1-3-9-18-13(10-5-7-11(15)8-6-10)12(16-17-18)14(19)20-4-2/h5-8H,3-4,9,15H2,1-2H3. The summed E-state index contributed by atoms with van der Waals surface area (Å²) in [7, 11) is 0. The molecule has 0 aliphatic heterocycles. The first-order valence-corrected chi connectivity index (χ1v) is 6.63. The van der Waals surface area contributed by atoms with Crippen molar-refractivity contribution in [1.29, 1.82) is 0 Å². The molecule has 0 atom stereocenters. The molecule has 1 aromatic heterocycles. The third kappa shape index (κ3) is 2.79. The number of hydrogen-bond acceptors (Lipinski definition) is 5. The Morgan fingerprint density at radius 1 is 1.30 bits per heavy atom. The molecule has 20 heavy (non-hydrogen) atoms. The second-order valence-corrected chi connectivity index (χ2v) is 4.35. The fraction of sp³-hybridized carbons (Fsp3) is 0.357. The summed E-state index contributed by atoms with van der Waals surface area (Å²) in [6.45, 7) is 4.79. The molecule has 106 valence electrons. The third-order valence-corrected chi connectivity index (χ3v) is 2.82. The Bertz CT molecular complexity index is 590. The second kappa shape index (κ2) is 6.18. The zero-order chi connectivity index (χ0) is 14.5. The van der Waals surface area contributed by atoms with Gasteiger partial charge in [-0.3, -0.25) is 0 Å². The van der Waals surface area contributed by atoms with Gasteiger partial charge < -0.3 is 10.5 Å². The molecule has 0 saturated carbocycles. The average Bonchev–Trinajstić information content (AvgIpc) is 2.84. The van der Waals surface area contributed by atoms with Crippen LogP contribution >= 0.6 is 0 Å². The Labute approximate surface area is 117 Å². The lowest BCUT2D eigenvalue weighted by Crippen LogP contribution is -2.08. The number of nitrogens with zero attached hydrogens (tertiary/aromatic N) is 3. The maximum Gasteiger partial charge on any atom is 0.361 e. The highest BCUT2D eigenvalue weighted by molar-refractivity contribution is 5.94. The molecule has 2 aromatic rings. The van der Waals surface area contributed by atoms with Crippen LogP contribution in [0.4, 0.5) is 5.69 Å². The zero-order valence-corrected chi connectivity index (χ0v) is 11.7. The first kappa shape index (κ1) is 14.0. The number of esters is 1. The summed E-state index contributed by atoms with van der Waals surface area (Å²) in [5.74, 6) is -0.457. The highest BCUT2D eigenvalue weighted by Crippen LogP contribution is 2.24. The normalized spacial score (nSPS) is 10.5. The van der Waals surface area contributed by atoms with Gasteiger partial charge in [-0.15, -0.1) is 5.10 Å². The molecule has 0 amide bonds. The van der Waals surface area contributed by atoms with Gasteiger partial charge in [0.1, 0.15) is 5.69 Å². The number of aryl methyl sites for hydroxylation is 1. The number of nitrogens with two attached hydrogens (primary N) is 1. The van der Waals surface area contributed by atoms with E-state index in [9.17, 15) is 4.79 Å². The molecule has 6 heteroatoms. The van der Waals surface area contributed by atoms with Crippen molar-refractivity contribution in [3.63, 3.8) is 0 Å². The Morgan fingerprint density at radius 3 is 2.60 bits per heavy atom. The van der Waals surface area contributed by atoms with E-state index in [0.29, 0.717) is 24.5 Å². The zero-order valence-electron chi connectivity index (χ0n) is 11.7. The van der Waals surface area contributed by atoms with E-state index >= 15 is 0 Å². The molecule has 0 fully saturated rings. The van der Waals surface area contributed by atoms with Gasteiger partial charge in [0.25, 0.3) is 0 Å². The van der Waals surface area contributed by atoms with Crippen LogP contribution in [0.2, 0.25) is 0 Å². The van der Waals surface area contributed by atoms with Crippen LogP contribution in [0.25, 0.3) is 11.3 Å². The number of ether oxygens (including phenoxy) is 1. The molecule has 0 bridgehead atoms. The smallest absolute Gasteiger partial charge is 0.361 e. The van der Waals surface area contributed by atoms with E-state index in [1.165, 1.54) is 0 Å². The van der Waals surface area contributed by atoms with E-state index in [0.717, 1.165) is 12.0 Å². The van der Waals surface area contributed by atoms with E-state index < -0.39 is 5.97 Å². The number of hydrogen-bond donors (Lipinski definition) is 1. The molecule has 1 heterocycles. The minimum absolute atomic E-state index is 0.241. The van der Waals surface area contributed by atoms with E-state index in [4.69, 9.17) is 10.5 Å². The van der Waals surface area contributed by atoms with Crippen LogP contribution in [-0.2, 0) is 11.3 Å². The fourth-order valence-corrected chi connectivity index (χ4v) is 1.95. The van der Waals surface area contributed by atoms with Gasteiger partial charge in [0.2, 0.25) is 0 Å². The Hall–Kier alpha value is -2.37. The fourth-order valence-electron chi connectivity index (χ4n) is 1.95. The van der Waals surface area contributed by atoms with E-state index in [1.54, 1.807) is 23.7 Å². The molecule has 6 nitrogen and oxygen atoms in total. The molecule has 0 saturated heterocycles. The number of benzene rings is 1. The monoisotopic (exact) mass is 274 g/mol. The summed E-state index contributed by atoms with van der Waals surface area (Å²) in [5, 5.41) is 8.00. The van der Waals surface area contributed by atoms with Gasteiger partial charge in [0.05, 0.1) is 6.61 Å². The van der Waals surface area contributed by atoms with Gasteiger partial charge in [-0.2, -0.15) is 0 Å². The first-order chi connectivity index (χ1) is 9.67. The predicted molar refractivity (Wildman–Crippen MR) is 76.1 cm³/mol. The number of rotatable bonds is 5. The van der Waals surface area contributed by atoms with Crippen LogP contribution in [0.3, 0.4) is 0 Å². The van der Waals surface area contributed by atoms with Crippen molar-refractivity contribution in [1.82, 2.24) is 15.0 Å². The van der Waals surface area contributed by atoms with Gasteiger partial charge in [-0.1, -0.05) is 24.3 Å². The van der Waals surface area contributed by atoms with E-state index in [2.05, 4.69) is 10.3 Å². The summed E-state index contributed by atoms with van der Waals surface area (Å²) >= 11 is 0. The van der Waals surface area contributed by atoms with Crippen molar-refractivity contribution in [3.05, 3.63) is 30.0 Å². The van der Waals surface area contributed by atoms with Gasteiger partial charge >= 0.3 is 5.97 Å². The van der Waals surface area contributed by atoms with Gasteiger partial charge in [-0.05, 0) is 25.5 Å². The summed E-state index contributed by atoms with van der Waals surface area (Å²) in [4.78, 5) is 12.0. The number of carbonyl (C=O) groups excluding carboxylic acids is 1. The summed E-state index contributed by atoms with van der Waals surface area (Å²) in [6, 6.07) is 7.27. The average molecular weight is 274 g/mol. The molecule has 0 spiro atoms. The number of nitrogen functional groups attached to an aromatic ring is 1. The predicted octanol–water partition coefficient (Wildman–Crippen LogP) is 2.11. The van der Waals surface area contributed by atoms with Crippen LogP contribution in [0.5, 0.6) is 0 Å². The summed E-state index contributed by atoms with van der Waals surface area (Å²) in [5.41, 5.74) is 8.12. The maximum atomic E-state index is 12.0. The Balaban J connectivity index is 2.49. The maximum absolute atomic E-state index is 12.0. The quantitative estimate of drug-likeness (QED) is 0.667. The molecular formula is C14H18N4O2. The highest BCUT2D eigenvalue weighted by Gasteiger charge is 2.21. The second-order valence-electron chi connectivity index (χ2n) is 4.35. The molecule has 1 aromatic carbocycles. The lowest BCUT2D eigenvalue weighted by molar-refractivity contribution is 0.0520. The topological polar surface area (TPSA) is 83.0 Å². The van der Waals surface area contributed by atoms with Gasteiger partial charge in [0, 0.05) is 17.8 Å². The molecule has 2 N–H and O–H groups in total. The number of anilines is 1. The molecule has 0 aliphatic carbocycles. The number of carbonyl (C=O) groups is 1. The minimum Gasteiger partial charge on any atom is -0.461 e. The summed E-state index contributed by atoms with van der Waals surface area (Å²) in [6.07, 6.45) is 0.896. The minimum atomic E-state index is -0.457.